The van der Waals surface area contributed by atoms with Gasteiger partial charge in [0.15, 0.2) is 0 Å². The Hall–Kier alpha value is -2.62. The molecule has 27 heavy (non-hydrogen) atoms. The molecule has 0 aromatic heterocycles. The molecule has 2 N–H and O–H groups in total. The summed E-state index contributed by atoms with van der Waals surface area (Å²) in [5.74, 6) is -0.330. The third-order valence-corrected chi connectivity index (χ3v) is 4.84. The highest BCUT2D eigenvalue weighted by molar-refractivity contribution is 5.97. The van der Waals surface area contributed by atoms with Gasteiger partial charge in [-0.15, -0.1) is 0 Å². The second-order valence-electron chi connectivity index (χ2n) is 8.33. The second kappa shape index (κ2) is 7.95. The number of benzene rings is 2. The van der Waals surface area contributed by atoms with Crippen LogP contribution in [0.5, 0.6) is 0 Å². The van der Waals surface area contributed by atoms with Crippen LogP contribution in [0.25, 0.3) is 0 Å². The minimum absolute atomic E-state index is 0.0367. The molecule has 0 bridgehead atoms. The number of carbonyl (C=O) groups is 2. The van der Waals surface area contributed by atoms with Crippen LogP contribution >= 0.6 is 0 Å². The number of hydrogen-bond acceptors (Lipinski definition) is 2. The Balaban J connectivity index is 1.71. The number of nitrogens with one attached hydrogen (secondary N) is 2. The zero-order chi connectivity index (χ0) is 19.4. The Morgan fingerprint density at radius 2 is 1.63 bits per heavy atom. The largest absolute Gasteiger partial charge is 0.352 e. The lowest BCUT2D eigenvalue weighted by Gasteiger charge is -2.20. The van der Waals surface area contributed by atoms with E-state index in [1.54, 1.807) is 0 Å². The van der Waals surface area contributed by atoms with Crippen molar-refractivity contribution >= 4 is 11.8 Å². The summed E-state index contributed by atoms with van der Waals surface area (Å²) in [7, 11) is 0. The molecule has 3 rings (SSSR count). The van der Waals surface area contributed by atoms with Gasteiger partial charge in [-0.3, -0.25) is 9.59 Å². The van der Waals surface area contributed by atoms with E-state index in [-0.39, 0.29) is 23.3 Å². The molecule has 2 aromatic rings. The van der Waals surface area contributed by atoms with Crippen molar-refractivity contribution < 1.29 is 9.59 Å². The lowest BCUT2D eigenvalue weighted by molar-refractivity contribution is -0.123. The van der Waals surface area contributed by atoms with Gasteiger partial charge in [0.25, 0.3) is 5.91 Å². The van der Waals surface area contributed by atoms with Crippen molar-refractivity contribution in [2.75, 3.05) is 0 Å². The molecule has 2 aromatic carbocycles. The number of carbonyl (C=O) groups excluding carboxylic acids is 2. The molecular weight excluding hydrogens is 336 g/mol. The summed E-state index contributed by atoms with van der Waals surface area (Å²) in [5.41, 5.74) is 2.80. The van der Waals surface area contributed by atoms with Gasteiger partial charge < -0.3 is 10.6 Å². The van der Waals surface area contributed by atoms with E-state index in [1.807, 2.05) is 54.6 Å². The highest BCUT2D eigenvalue weighted by Crippen LogP contribution is 2.22. The van der Waals surface area contributed by atoms with Gasteiger partial charge in [-0.1, -0.05) is 63.2 Å². The first-order valence-electron chi connectivity index (χ1n) is 9.58. The first-order chi connectivity index (χ1) is 12.8. The predicted octanol–water partition coefficient (Wildman–Crippen LogP) is 3.60. The van der Waals surface area contributed by atoms with Crippen molar-refractivity contribution in [3.63, 3.8) is 0 Å². The molecule has 142 valence electrons. The van der Waals surface area contributed by atoms with Gasteiger partial charge >= 0.3 is 0 Å². The van der Waals surface area contributed by atoms with Crippen molar-refractivity contribution in [1.29, 1.82) is 0 Å². The van der Waals surface area contributed by atoms with Gasteiger partial charge in [-0.05, 0) is 41.5 Å². The lowest BCUT2D eigenvalue weighted by atomic mass is 9.86. The maximum atomic E-state index is 12.7. The molecule has 1 atom stereocenters. The molecule has 2 amide bonds. The van der Waals surface area contributed by atoms with Crippen LogP contribution in [0.4, 0.5) is 0 Å². The van der Waals surface area contributed by atoms with Gasteiger partial charge in [-0.2, -0.15) is 0 Å². The van der Waals surface area contributed by atoms with Crippen LogP contribution in [-0.2, 0) is 16.6 Å². The van der Waals surface area contributed by atoms with Crippen LogP contribution in [-0.4, -0.2) is 23.9 Å². The SMILES string of the molecule is CC(C)(C)c1ccc(C(=O)NC(Cc2ccccc2)C(=O)NC2CC2)cc1. The van der Waals surface area contributed by atoms with Crippen LogP contribution in [0.3, 0.4) is 0 Å². The van der Waals surface area contributed by atoms with Gasteiger partial charge in [0, 0.05) is 18.0 Å². The van der Waals surface area contributed by atoms with Crippen molar-refractivity contribution in [1.82, 2.24) is 10.6 Å². The maximum absolute atomic E-state index is 12.7. The van der Waals surface area contributed by atoms with Crippen molar-refractivity contribution in [2.45, 2.75) is 57.5 Å². The molecule has 0 radical (unpaired) electrons. The second-order valence-corrected chi connectivity index (χ2v) is 8.33. The molecule has 0 aliphatic heterocycles. The van der Waals surface area contributed by atoms with E-state index in [4.69, 9.17) is 0 Å². The zero-order valence-corrected chi connectivity index (χ0v) is 16.3. The first kappa shape index (κ1) is 19.2. The Morgan fingerprint density at radius 1 is 1.00 bits per heavy atom. The van der Waals surface area contributed by atoms with E-state index < -0.39 is 6.04 Å². The third kappa shape index (κ3) is 5.43. The summed E-state index contributed by atoms with van der Waals surface area (Å²) in [5, 5.41) is 5.93. The fraction of sp³-hybridized carbons (Fsp3) is 0.391. The summed E-state index contributed by atoms with van der Waals surface area (Å²) in [6.07, 6.45) is 2.52. The van der Waals surface area contributed by atoms with Gasteiger partial charge in [-0.25, -0.2) is 0 Å². The molecule has 0 saturated heterocycles. The van der Waals surface area contributed by atoms with Gasteiger partial charge in [0.2, 0.25) is 5.91 Å². The summed E-state index contributed by atoms with van der Waals surface area (Å²) < 4.78 is 0. The Labute approximate surface area is 161 Å². The van der Waals surface area contributed by atoms with E-state index in [0.29, 0.717) is 12.0 Å². The van der Waals surface area contributed by atoms with E-state index >= 15 is 0 Å². The van der Waals surface area contributed by atoms with Crippen LogP contribution < -0.4 is 10.6 Å². The summed E-state index contributed by atoms with van der Waals surface area (Å²) >= 11 is 0. The Morgan fingerprint density at radius 3 is 2.19 bits per heavy atom. The van der Waals surface area contributed by atoms with E-state index in [2.05, 4.69) is 31.4 Å². The summed E-state index contributed by atoms with van der Waals surface area (Å²) in [6.45, 7) is 6.42. The summed E-state index contributed by atoms with van der Waals surface area (Å²) in [6, 6.07) is 17.1. The van der Waals surface area contributed by atoms with Gasteiger partial charge in [0.1, 0.15) is 6.04 Å². The molecule has 4 nitrogen and oxygen atoms in total. The molecule has 1 aliphatic rings. The smallest absolute Gasteiger partial charge is 0.251 e. The fourth-order valence-corrected chi connectivity index (χ4v) is 2.95. The van der Waals surface area contributed by atoms with Crippen molar-refractivity contribution in [3.8, 4) is 0 Å². The average Bonchev–Trinajstić information content (AvgIpc) is 3.45. The highest BCUT2D eigenvalue weighted by atomic mass is 16.2. The van der Waals surface area contributed by atoms with Crippen LogP contribution in [0.15, 0.2) is 54.6 Å². The minimum atomic E-state index is -0.581. The van der Waals surface area contributed by atoms with E-state index in [0.717, 1.165) is 18.4 Å². The van der Waals surface area contributed by atoms with E-state index in [9.17, 15) is 9.59 Å². The van der Waals surface area contributed by atoms with E-state index in [1.165, 1.54) is 5.56 Å². The highest BCUT2D eigenvalue weighted by Gasteiger charge is 2.28. The number of rotatable bonds is 6. The average molecular weight is 364 g/mol. The lowest BCUT2D eigenvalue weighted by Crippen LogP contribution is -2.48. The summed E-state index contributed by atoms with van der Waals surface area (Å²) in [4.78, 5) is 25.3. The number of hydrogen-bond donors (Lipinski definition) is 2. The molecule has 0 heterocycles. The van der Waals surface area contributed by atoms with Gasteiger partial charge in [0.05, 0.1) is 0 Å². The molecule has 1 saturated carbocycles. The molecular formula is C23H28N2O2. The molecule has 1 fully saturated rings. The first-order valence-corrected chi connectivity index (χ1v) is 9.58. The van der Waals surface area contributed by atoms with Crippen LogP contribution in [0.2, 0.25) is 0 Å². The Kier molecular flexibility index (Phi) is 5.64. The molecule has 1 unspecified atom stereocenters. The normalized spacial score (nSPS) is 15.1. The van der Waals surface area contributed by atoms with Crippen LogP contribution in [0, 0.1) is 0 Å². The van der Waals surface area contributed by atoms with Crippen molar-refractivity contribution in [3.05, 3.63) is 71.3 Å². The fourth-order valence-electron chi connectivity index (χ4n) is 2.95. The zero-order valence-electron chi connectivity index (χ0n) is 16.3. The Bertz CT molecular complexity index is 787. The predicted molar refractivity (Wildman–Crippen MR) is 108 cm³/mol. The topological polar surface area (TPSA) is 58.2 Å². The minimum Gasteiger partial charge on any atom is -0.352 e. The molecule has 4 heteroatoms. The van der Waals surface area contributed by atoms with Crippen LogP contribution in [0.1, 0.15) is 55.1 Å². The quantitative estimate of drug-likeness (QED) is 0.823. The molecule has 1 aliphatic carbocycles. The maximum Gasteiger partial charge on any atom is 0.251 e. The standard InChI is InChI=1S/C23H28N2O2/c1-23(2,3)18-11-9-17(10-12-18)21(26)25-20(22(27)24-19-13-14-19)15-16-7-5-4-6-8-16/h4-12,19-20H,13-15H2,1-3H3,(H,24,27)(H,25,26). The molecule has 0 spiro atoms. The number of amides is 2. The monoisotopic (exact) mass is 364 g/mol. The third-order valence-electron chi connectivity index (χ3n) is 4.84. The van der Waals surface area contributed by atoms with Crippen molar-refractivity contribution in [2.24, 2.45) is 0 Å².